The van der Waals surface area contributed by atoms with Crippen LogP contribution in [0, 0.1) is 0 Å². The molecular weight excluding hydrogens is 466 g/mol. The van der Waals surface area contributed by atoms with E-state index in [0.717, 1.165) is 0 Å². The predicted molar refractivity (Wildman–Crippen MR) is 133 cm³/mol. The topological polar surface area (TPSA) is 36.5 Å². The Bertz CT molecular complexity index is 350. The molecule has 34 heavy (non-hydrogen) atoms. The summed E-state index contributed by atoms with van der Waals surface area (Å²) >= 11 is 0. The van der Waals surface area contributed by atoms with Crippen LogP contribution in [0.5, 0.6) is 0 Å². The lowest BCUT2D eigenvalue weighted by molar-refractivity contribution is -0.890. The van der Waals surface area contributed by atoms with E-state index in [4.69, 9.17) is 0 Å². The number of quaternary nitrogens is 2. The highest BCUT2D eigenvalue weighted by Crippen LogP contribution is 2.13. The Kier molecular flexibility index (Phi) is 30.6. The number of nitrogens with zero attached hydrogens (tertiary/aromatic N) is 1. The fourth-order valence-corrected chi connectivity index (χ4v) is 3.46. The zero-order chi connectivity index (χ0) is 26.2. The lowest BCUT2D eigenvalue weighted by atomic mass is 10.1. The van der Waals surface area contributed by atoms with Gasteiger partial charge in [0.1, 0.15) is 0 Å². The summed E-state index contributed by atoms with van der Waals surface area (Å²) in [7, 11) is -7.13. The molecule has 0 radical (unpaired) electrons. The molecule has 0 aliphatic carbocycles. The van der Waals surface area contributed by atoms with Gasteiger partial charge < -0.3 is 45.2 Å². The van der Waals surface area contributed by atoms with Crippen LogP contribution in [0.4, 0.5) is 34.5 Å². The van der Waals surface area contributed by atoms with E-state index in [1.54, 1.807) is 0 Å². The van der Waals surface area contributed by atoms with Crippen LogP contribution < -0.4 is 6.15 Å². The predicted octanol–water partition coefficient (Wildman–Crippen LogP) is 10.3. The zero-order valence-corrected chi connectivity index (χ0v) is 22.4. The molecule has 0 saturated carbocycles. The minimum absolute atomic E-state index is 0. The average Bonchev–Trinajstić information content (AvgIpc) is 2.63. The summed E-state index contributed by atoms with van der Waals surface area (Å²) in [6.45, 7) is 7.36. The lowest BCUT2D eigenvalue weighted by Gasteiger charge is -2.30. The van der Waals surface area contributed by atoms with Gasteiger partial charge >= 0.3 is 14.5 Å². The second-order valence-corrected chi connectivity index (χ2v) is 9.32. The number of rotatable bonds is 18. The molecule has 2 nitrogen and oxygen atoms in total. The Morgan fingerprint density at radius 1 is 0.412 bits per heavy atom. The van der Waals surface area contributed by atoms with Gasteiger partial charge in [-0.3, -0.25) is 0 Å². The summed E-state index contributed by atoms with van der Waals surface area (Å²) in [6.07, 6.45) is 23.0. The van der Waals surface area contributed by atoms with E-state index in [9.17, 15) is 34.5 Å². The number of hydrogen-bond acceptors (Lipinski definition) is 0. The van der Waals surface area contributed by atoms with E-state index in [0.29, 0.717) is 0 Å². The molecule has 0 unspecified atom stereocenters. The average molecular weight is 518 g/mol. The minimum Gasteiger partial charge on any atom is -0.418 e. The Morgan fingerprint density at radius 3 is 0.794 bits per heavy atom. The van der Waals surface area contributed by atoms with E-state index in [2.05, 4.69) is 27.9 Å². The Balaban J connectivity index is -0.000000341. The van der Waals surface area contributed by atoms with Crippen LogP contribution in [0.25, 0.3) is 0 Å². The van der Waals surface area contributed by atoms with Crippen LogP contribution in [-0.2, 0) is 0 Å². The maximum Gasteiger partial charge on any atom is 0.673 e. The maximum absolute atomic E-state index is 9.75. The minimum atomic E-state index is -6.00. The van der Waals surface area contributed by atoms with E-state index < -0.39 is 14.5 Å². The van der Waals surface area contributed by atoms with Crippen LogP contribution in [0.2, 0.25) is 0 Å². The van der Waals surface area contributed by atoms with Crippen molar-refractivity contribution >= 4 is 14.5 Å². The molecule has 212 valence electrons. The summed E-state index contributed by atoms with van der Waals surface area (Å²) in [5.74, 6) is 0. The van der Waals surface area contributed by atoms with Crippen molar-refractivity contribution in [2.75, 3.05) is 27.2 Å². The van der Waals surface area contributed by atoms with Gasteiger partial charge in [0.05, 0.1) is 27.2 Å². The van der Waals surface area contributed by atoms with Gasteiger partial charge in [0.25, 0.3) is 0 Å². The first-order valence-electron chi connectivity index (χ1n) is 12.7. The van der Waals surface area contributed by atoms with Gasteiger partial charge in [-0.2, -0.15) is 0 Å². The molecule has 0 aromatic heterocycles. The van der Waals surface area contributed by atoms with Gasteiger partial charge in [0.15, 0.2) is 0 Å². The molecule has 0 aliphatic heterocycles. The van der Waals surface area contributed by atoms with Gasteiger partial charge in [-0.25, -0.2) is 0 Å². The fourth-order valence-electron chi connectivity index (χ4n) is 3.46. The normalized spacial score (nSPS) is 11.6. The van der Waals surface area contributed by atoms with Crippen LogP contribution >= 0.6 is 0 Å². The Hall–Kier alpha value is -0.510. The standard InChI is InChI=1S/C22H48N.2BF4.H3N/c1-5-7-9-11-13-15-17-19-21-23(3,4)22-20-18-16-14-12-10-8-6-2;2*2-1(3,4)5;/h5-22H2,1-4H3;;;1H3/q+1;2*-1;/p+1. The third-order valence-electron chi connectivity index (χ3n) is 5.23. The summed E-state index contributed by atoms with van der Waals surface area (Å²) in [5.41, 5.74) is 0. The monoisotopic (exact) mass is 518 g/mol. The summed E-state index contributed by atoms with van der Waals surface area (Å²) in [6, 6.07) is 0. The molecule has 0 spiro atoms. The highest BCUT2D eigenvalue weighted by molar-refractivity contribution is 6.50. The molecule has 0 aromatic rings. The van der Waals surface area contributed by atoms with Crippen molar-refractivity contribution in [2.45, 2.75) is 117 Å². The number of hydrogen-bond donors (Lipinski definition) is 1. The van der Waals surface area contributed by atoms with Crippen molar-refractivity contribution < 1.29 is 39.0 Å². The largest absolute Gasteiger partial charge is 0.673 e. The van der Waals surface area contributed by atoms with Crippen molar-refractivity contribution in [3.05, 3.63) is 0 Å². The van der Waals surface area contributed by atoms with Crippen molar-refractivity contribution in [1.82, 2.24) is 6.15 Å². The summed E-state index contributed by atoms with van der Waals surface area (Å²) < 4.78 is 79.2. The van der Waals surface area contributed by atoms with Crippen molar-refractivity contribution in [1.29, 1.82) is 0 Å². The first-order chi connectivity index (χ1) is 15.1. The van der Waals surface area contributed by atoms with E-state index >= 15 is 0 Å². The van der Waals surface area contributed by atoms with E-state index in [1.165, 1.54) is 120 Å². The fraction of sp³-hybridized carbons (Fsp3) is 1.00. The van der Waals surface area contributed by atoms with E-state index in [1.807, 2.05) is 0 Å². The number of unbranched alkanes of at least 4 members (excludes halogenated alkanes) is 14. The Morgan fingerprint density at radius 2 is 0.588 bits per heavy atom. The molecule has 12 heteroatoms. The molecule has 0 saturated heterocycles. The van der Waals surface area contributed by atoms with Gasteiger partial charge in [-0.05, 0) is 25.7 Å². The molecule has 0 heterocycles. The van der Waals surface area contributed by atoms with Crippen LogP contribution in [0.1, 0.15) is 117 Å². The zero-order valence-electron chi connectivity index (χ0n) is 22.4. The maximum atomic E-state index is 9.75. The molecule has 0 amide bonds. The SMILES string of the molecule is CCCCCCCCCC[N+](C)(C)CCCCCCCCCC.F[B-](F)(F)F.F[B-](F)(F)F.[NH4+]. The molecular formula is C22H52B2F8N2. The summed E-state index contributed by atoms with van der Waals surface area (Å²) in [4.78, 5) is 0. The molecule has 0 bridgehead atoms. The second kappa shape index (κ2) is 25.6. The highest BCUT2D eigenvalue weighted by Gasteiger charge is 2.21. The smallest absolute Gasteiger partial charge is 0.418 e. The summed E-state index contributed by atoms with van der Waals surface area (Å²) in [5, 5.41) is 0. The number of halogens is 8. The van der Waals surface area contributed by atoms with Crippen LogP contribution in [0.15, 0.2) is 0 Å². The molecule has 0 aromatic carbocycles. The second-order valence-electron chi connectivity index (χ2n) is 9.32. The third-order valence-corrected chi connectivity index (χ3v) is 5.23. The third kappa shape index (κ3) is 63.4. The highest BCUT2D eigenvalue weighted by atomic mass is 19.5. The van der Waals surface area contributed by atoms with Gasteiger partial charge in [0, 0.05) is 0 Å². The Labute approximate surface area is 204 Å². The molecule has 0 fully saturated rings. The molecule has 0 aliphatic rings. The van der Waals surface area contributed by atoms with Gasteiger partial charge in [0.2, 0.25) is 0 Å². The van der Waals surface area contributed by atoms with Gasteiger partial charge in [-0.1, -0.05) is 90.9 Å². The van der Waals surface area contributed by atoms with Crippen LogP contribution in [-0.4, -0.2) is 46.2 Å². The first kappa shape index (κ1) is 40.7. The molecule has 0 atom stereocenters. The molecule has 0 rings (SSSR count). The lowest BCUT2D eigenvalue weighted by Crippen LogP contribution is -2.41. The van der Waals surface area contributed by atoms with Gasteiger partial charge in [-0.15, -0.1) is 0 Å². The van der Waals surface area contributed by atoms with E-state index in [-0.39, 0.29) is 6.15 Å². The quantitative estimate of drug-likeness (QED) is 0.0812. The molecule has 4 N–H and O–H groups in total. The van der Waals surface area contributed by atoms with Crippen LogP contribution in [0.3, 0.4) is 0 Å². The van der Waals surface area contributed by atoms with Crippen molar-refractivity contribution in [2.24, 2.45) is 0 Å². The van der Waals surface area contributed by atoms with Crippen molar-refractivity contribution in [3.8, 4) is 0 Å². The van der Waals surface area contributed by atoms with Crippen molar-refractivity contribution in [3.63, 3.8) is 0 Å². The first-order valence-corrected chi connectivity index (χ1v) is 12.7.